The average Bonchev–Trinajstić information content (AvgIpc) is 2.17. The molecule has 0 saturated carbocycles. The summed E-state index contributed by atoms with van der Waals surface area (Å²) >= 11 is 0. The lowest BCUT2D eigenvalue weighted by Gasteiger charge is -1.81. The highest BCUT2D eigenvalue weighted by atomic mass is 16.4. The van der Waals surface area contributed by atoms with Crippen LogP contribution in [0.1, 0.15) is 22.1 Å². The topological polar surface area (TPSA) is 54.3 Å². The predicted molar refractivity (Wildman–Crippen MR) is 36.3 cm³/mol. The second-order valence-corrected chi connectivity index (χ2v) is 2.41. The van der Waals surface area contributed by atoms with Crippen LogP contribution in [0.2, 0.25) is 0 Å². The average molecular weight is 156 g/mol. The van der Waals surface area contributed by atoms with E-state index >= 15 is 0 Å². The molecule has 4 nitrogen and oxygen atoms in total. The summed E-state index contributed by atoms with van der Waals surface area (Å²) in [6.07, 6.45) is 0. The number of nitrogens with zero attached hydrogens (tertiary/aromatic N) is 1. The fraction of sp³-hybridized carbons (Fsp3) is 0.429. The summed E-state index contributed by atoms with van der Waals surface area (Å²) in [5.41, 5.74) is 0.836. The molecule has 1 aromatic heterocycles. The summed E-state index contributed by atoms with van der Waals surface area (Å²) in [5, 5.41) is 8.59. The van der Waals surface area contributed by atoms with Gasteiger partial charge in [-0.3, -0.25) is 0 Å². The molecule has 0 spiro atoms. The van der Waals surface area contributed by atoms with E-state index < -0.39 is 5.97 Å². The molecule has 0 aromatic carbocycles. The van der Waals surface area contributed by atoms with Gasteiger partial charge in [0, 0.05) is 13.8 Å². The van der Waals surface area contributed by atoms with Gasteiger partial charge in [-0.15, -0.1) is 0 Å². The summed E-state index contributed by atoms with van der Waals surface area (Å²) in [6, 6.07) is 0. The van der Waals surface area contributed by atoms with E-state index in [1.807, 2.05) is 6.92 Å². The van der Waals surface area contributed by atoms with Crippen molar-refractivity contribution in [2.24, 2.45) is 7.05 Å². The molecule has 0 radical (unpaired) electrons. The molecule has 0 aliphatic rings. The monoisotopic (exact) mass is 156 g/mol. The molecule has 0 aliphatic heterocycles. The van der Waals surface area contributed by atoms with Gasteiger partial charge in [-0.25, -0.2) is 4.79 Å². The van der Waals surface area contributed by atoms with E-state index in [0.29, 0.717) is 5.76 Å². The summed E-state index contributed by atoms with van der Waals surface area (Å²) in [6.45, 7) is 3.55. The zero-order valence-electron chi connectivity index (χ0n) is 6.71. The molecule has 60 valence electrons. The predicted octanol–water partition coefficient (Wildman–Crippen LogP) is 0.419. The third kappa shape index (κ3) is 1.11. The summed E-state index contributed by atoms with van der Waals surface area (Å²) in [7, 11) is 1.66. The summed E-state index contributed by atoms with van der Waals surface area (Å²) < 4.78 is 6.48. The Morgan fingerprint density at radius 2 is 2.09 bits per heavy atom. The van der Waals surface area contributed by atoms with Crippen LogP contribution in [0.4, 0.5) is 0 Å². The fourth-order valence-corrected chi connectivity index (χ4v) is 0.863. The van der Waals surface area contributed by atoms with Crippen LogP contribution in [-0.4, -0.2) is 11.1 Å². The molecule has 0 atom stereocenters. The van der Waals surface area contributed by atoms with Crippen molar-refractivity contribution in [2.45, 2.75) is 13.8 Å². The van der Waals surface area contributed by atoms with Gasteiger partial charge in [0.15, 0.2) is 5.76 Å². The Morgan fingerprint density at radius 3 is 2.27 bits per heavy atom. The van der Waals surface area contributed by atoms with Gasteiger partial charge in [0.2, 0.25) is 5.69 Å². The highest BCUT2D eigenvalue weighted by Crippen LogP contribution is 2.04. The van der Waals surface area contributed by atoms with Crippen LogP contribution in [0.15, 0.2) is 4.42 Å². The number of rotatable bonds is 1. The number of carboxylic acid groups (broad SMARTS) is 1. The molecule has 1 rings (SSSR count). The first-order valence-corrected chi connectivity index (χ1v) is 3.23. The van der Waals surface area contributed by atoms with Gasteiger partial charge in [-0.2, -0.15) is 4.57 Å². The first kappa shape index (κ1) is 7.78. The van der Waals surface area contributed by atoms with Crippen molar-refractivity contribution in [3.8, 4) is 0 Å². The highest BCUT2D eigenvalue weighted by molar-refractivity contribution is 5.80. The number of carboxylic acids is 1. The van der Waals surface area contributed by atoms with Gasteiger partial charge in [-0.1, -0.05) is 0 Å². The number of hydrogen-bond donors (Lipinski definition) is 1. The zero-order valence-corrected chi connectivity index (χ0v) is 6.71. The number of aromatic carboxylic acids is 1. The molecule has 0 fully saturated rings. The molecular formula is C7H10NO3+. The number of hydrogen-bond acceptors (Lipinski definition) is 2. The van der Waals surface area contributed by atoms with E-state index in [9.17, 15) is 4.79 Å². The molecule has 11 heavy (non-hydrogen) atoms. The van der Waals surface area contributed by atoms with Gasteiger partial charge >= 0.3 is 11.9 Å². The number of oxazole rings is 1. The van der Waals surface area contributed by atoms with Crippen LogP contribution < -0.4 is 4.57 Å². The number of aryl methyl sites for hydroxylation is 1. The Hall–Kier alpha value is -1.32. The Morgan fingerprint density at radius 1 is 1.55 bits per heavy atom. The largest absolute Gasteiger partial charge is 0.471 e. The first-order chi connectivity index (χ1) is 5.04. The maximum atomic E-state index is 10.5. The number of carbonyl (C=O) groups is 1. The van der Waals surface area contributed by atoms with E-state index in [1.54, 1.807) is 14.0 Å². The first-order valence-electron chi connectivity index (χ1n) is 3.23. The van der Waals surface area contributed by atoms with Crippen LogP contribution in [0.25, 0.3) is 0 Å². The Labute approximate surface area is 64.1 Å². The molecule has 0 bridgehead atoms. The van der Waals surface area contributed by atoms with Crippen LogP contribution in [0, 0.1) is 13.8 Å². The van der Waals surface area contributed by atoms with Crippen LogP contribution >= 0.6 is 0 Å². The molecule has 0 saturated heterocycles. The smallest absolute Gasteiger partial charge is 0.461 e. The number of aromatic nitrogens is 1. The molecule has 1 heterocycles. The van der Waals surface area contributed by atoms with Gasteiger partial charge in [0.05, 0.1) is 0 Å². The van der Waals surface area contributed by atoms with Gasteiger partial charge < -0.3 is 9.52 Å². The Bertz CT molecular complexity index is 301. The standard InChI is InChI=1S/C7H9NO3/c1-4-5(2)11-6(7(9)10)8(4)3/h1-3H3/p+1. The van der Waals surface area contributed by atoms with Crippen molar-refractivity contribution in [2.75, 3.05) is 0 Å². The van der Waals surface area contributed by atoms with Crippen LogP contribution in [-0.2, 0) is 7.05 Å². The Kier molecular flexibility index (Phi) is 1.68. The van der Waals surface area contributed by atoms with Crippen molar-refractivity contribution in [3.63, 3.8) is 0 Å². The summed E-state index contributed by atoms with van der Waals surface area (Å²) in [4.78, 5) is 10.5. The van der Waals surface area contributed by atoms with Gasteiger partial charge in [0.25, 0.3) is 0 Å². The van der Waals surface area contributed by atoms with Crippen molar-refractivity contribution in [1.29, 1.82) is 0 Å². The third-order valence-electron chi connectivity index (χ3n) is 1.75. The second-order valence-electron chi connectivity index (χ2n) is 2.41. The van der Waals surface area contributed by atoms with Crippen LogP contribution in [0.5, 0.6) is 0 Å². The SMILES string of the molecule is Cc1oc(C(=O)O)[n+](C)c1C. The lowest BCUT2D eigenvalue weighted by atomic mass is 10.4. The highest BCUT2D eigenvalue weighted by Gasteiger charge is 2.25. The molecule has 1 aromatic rings. The van der Waals surface area contributed by atoms with E-state index in [-0.39, 0.29) is 5.89 Å². The van der Waals surface area contributed by atoms with Gasteiger partial charge in [0.1, 0.15) is 7.05 Å². The third-order valence-corrected chi connectivity index (χ3v) is 1.75. The zero-order chi connectivity index (χ0) is 8.59. The molecule has 0 amide bonds. The fourth-order valence-electron chi connectivity index (χ4n) is 0.863. The van der Waals surface area contributed by atoms with Crippen molar-refractivity contribution in [3.05, 3.63) is 17.3 Å². The van der Waals surface area contributed by atoms with E-state index in [0.717, 1.165) is 5.69 Å². The molecule has 1 N–H and O–H groups in total. The Balaban J connectivity index is 3.29. The normalized spacial score (nSPS) is 10.1. The second kappa shape index (κ2) is 2.38. The molecule has 0 unspecified atom stereocenters. The van der Waals surface area contributed by atoms with E-state index in [1.165, 1.54) is 4.57 Å². The van der Waals surface area contributed by atoms with Crippen molar-refractivity contribution < 1.29 is 18.9 Å². The maximum Gasteiger partial charge on any atom is 0.461 e. The quantitative estimate of drug-likeness (QED) is 0.599. The lowest BCUT2D eigenvalue weighted by Crippen LogP contribution is -2.35. The van der Waals surface area contributed by atoms with Crippen molar-refractivity contribution >= 4 is 5.97 Å². The van der Waals surface area contributed by atoms with E-state index in [4.69, 9.17) is 9.52 Å². The molecule has 0 aliphatic carbocycles. The minimum atomic E-state index is -1.04. The van der Waals surface area contributed by atoms with E-state index in [2.05, 4.69) is 0 Å². The minimum absolute atomic E-state index is 0.0278. The van der Waals surface area contributed by atoms with Crippen molar-refractivity contribution in [1.82, 2.24) is 0 Å². The van der Waals surface area contributed by atoms with Gasteiger partial charge in [-0.05, 0) is 0 Å². The maximum absolute atomic E-state index is 10.5. The summed E-state index contributed by atoms with van der Waals surface area (Å²) in [5.74, 6) is -0.423. The lowest BCUT2D eigenvalue weighted by molar-refractivity contribution is -0.683. The molecule has 4 heteroatoms. The molecular weight excluding hydrogens is 146 g/mol. The minimum Gasteiger partial charge on any atom is -0.471 e. The van der Waals surface area contributed by atoms with Crippen LogP contribution in [0.3, 0.4) is 0 Å².